The molecule has 17 heavy (non-hydrogen) atoms. The van der Waals surface area contributed by atoms with Crippen LogP contribution in [0.3, 0.4) is 0 Å². The van der Waals surface area contributed by atoms with Gasteiger partial charge in [-0.1, -0.05) is 11.6 Å². The van der Waals surface area contributed by atoms with Crippen molar-refractivity contribution in [3.8, 4) is 0 Å². The molecule has 92 valence electrons. The van der Waals surface area contributed by atoms with Crippen molar-refractivity contribution >= 4 is 39.1 Å². The van der Waals surface area contributed by atoms with Crippen LogP contribution in [0.2, 0.25) is 5.02 Å². The van der Waals surface area contributed by atoms with Crippen LogP contribution in [0, 0.1) is 0 Å². The lowest BCUT2D eigenvalue weighted by Crippen LogP contribution is -2.49. The molecular weight excluding hydrogens is 304 g/mol. The van der Waals surface area contributed by atoms with E-state index in [1.54, 1.807) is 6.07 Å². The Hall–Kier alpha value is -0.580. The van der Waals surface area contributed by atoms with Crippen LogP contribution in [0.15, 0.2) is 22.7 Å². The molecule has 1 unspecified atom stereocenters. The normalized spacial score (nSPS) is 20.8. The summed E-state index contributed by atoms with van der Waals surface area (Å²) in [5.74, 6) is 0.132. The van der Waals surface area contributed by atoms with Crippen molar-refractivity contribution < 1.29 is 4.79 Å². The van der Waals surface area contributed by atoms with Crippen LogP contribution in [0.4, 0.5) is 5.69 Å². The van der Waals surface area contributed by atoms with Crippen LogP contribution >= 0.6 is 27.5 Å². The Balaban J connectivity index is 2.26. The fraction of sp³-hybridized carbons (Fsp3) is 0.417. The second-order valence-corrected chi connectivity index (χ2v) is 5.33. The molecule has 1 atom stereocenters. The van der Waals surface area contributed by atoms with E-state index in [2.05, 4.69) is 21.2 Å². The zero-order valence-corrected chi connectivity index (χ0v) is 11.9. The third-order valence-electron chi connectivity index (χ3n) is 3.00. The van der Waals surface area contributed by atoms with Gasteiger partial charge in [0.1, 0.15) is 0 Å². The molecule has 1 aromatic carbocycles. The minimum atomic E-state index is -0.0711. The molecule has 2 rings (SSSR count). The Morgan fingerprint density at radius 2 is 2.29 bits per heavy atom. The van der Waals surface area contributed by atoms with E-state index in [0.29, 0.717) is 5.02 Å². The van der Waals surface area contributed by atoms with Crippen molar-refractivity contribution in [3.05, 3.63) is 27.7 Å². The Morgan fingerprint density at radius 1 is 1.53 bits per heavy atom. The molecule has 1 aliphatic rings. The third-order valence-corrected chi connectivity index (χ3v) is 4.22. The quantitative estimate of drug-likeness (QED) is 0.910. The maximum absolute atomic E-state index is 12.2. The van der Waals surface area contributed by atoms with Gasteiger partial charge < -0.3 is 10.2 Å². The second kappa shape index (κ2) is 5.38. The highest BCUT2D eigenvalue weighted by Crippen LogP contribution is 2.29. The zero-order valence-electron chi connectivity index (χ0n) is 9.54. The standard InChI is InChI=1S/C12H14BrClN2O/c1-15-11-3-2-6-16(12(11)17)8-4-5-10(14)9(13)7-8/h4-5,7,11,15H,2-3,6H2,1H3. The van der Waals surface area contributed by atoms with Gasteiger partial charge >= 0.3 is 0 Å². The molecule has 1 N–H and O–H groups in total. The van der Waals surface area contributed by atoms with Crippen molar-refractivity contribution in [2.24, 2.45) is 0 Å². The summed E-state index contributed by atoms with van der Waals surface area (Å²) in [5.41, 5.74) is 0.895. The SMILES string of the molecule is CNC1CCCN(c2ccc(Cl)c(Br)c2)C1=O. The largest absolute Gasteiger partial charge is 0.311 e. The molecule has 1 fully saturated rings. The van der Waals surface area contributed by atoms with Gasteiger partial charge in [-0.05, 0) is 54.0 Å². The highest BCUT2D eigenvalue weighted by atomic mass is 79.9. The summed E-state index contributed by atoms with van der Waals surface area (Å²) in [6, 6.07) is 5.50. The summed E-state index contributed by atoms with van der Waals surface area (Å²) in [4.78, 5) is 14.0. The molecule has 0 aromatic heterocycles. The molecule has 0 aliphatic carbocycles. The van der Waals surface area contributed by atoms with Gasteiger partial charge in [0, 0.05) is 16.7 Å². The lowest BCUT2D eigenvalue weighted by molar-refractivity contribution is -0.121. The van der Waals surface area contributed by atoms with E-state index in [4.69, 9.17) is 11.6 Å². The van der Waals surface area contributed by atoms with Crippen molar-refractivity contribution in [2.75, 3.05) is 18.5 Å². The second-order valence-electron chi connectivity index (χ2n) is 4.07. The molecule has 0 saturated carbocycles. The first-order chi connectivity index (χ1) is 8.13. The number of halogens is 2. The number of carbonyl (C=O) groups excluding carboxylic acids is 1. The highest BCUT2D eigenvalue weighted by Gasteiger charge is 2.28. The molecule has 3 nitrogen and oxygen atoms in total. The summed E-state index contributed by atoms with van der Waals surface area (Å²) in [6.45, 7) is 0.769. The van der Waals surface area contributed by atoms with E-state index < -0.39 is 0 Å². The summed E-state index contributed by atoms with van der Waals surface area (Å²) in [6.07, 6.45) is 1.91. The number of likely N-dealkylation sites (N-methyl/N-ethyl adjacent to an activating group) is 1. The number of anilines is 1. The fourth-order valence-electron chi connectivity index (χ4n) is 2.05. The molecule has 0 bridgehead atoms. The van der Waals surface area contributed by atoms with Gasteiger partial charge in [0.15, 0.2) is 0 Å². The van der Waals surface area contributed by atoms with Crippen LogP contribution < -0.4 is 10.2 Å². The number of carbonyl (C=O) groups is 1. The van der Waals surface area contributed by atoms with E-state index >= 15 is 0 Å². The average molecular weight is 318 g/mol. The molecule has 1 aliphatic heterocycles. The van der Waals surface area contributed by atoms with Crippen molar-refractivity contribution in [1.82, 2.24) is 5.32 Å². The first-order valence-corrected chi connectivity index (χ1v) is 6.74. The van der Waals surface area contributed by atoms with Crippen LogP contribution in [-0.2, 0) is 4.79 Å². The lowest BCUT2D eigenvalue weighted by Gasteiger charge is -2.32. The number of piperidine rings is 1. The molecular formula is C12H14BrClN2O. The Labute approximate surface area is 114 Å². The Kier molecular flexibility index (Phi) is 4.07. The number of amides is 1. The molecule has 5 heteroatoms. The van der Waals surface area contributed by atoms with Gasteiger partial charge in [-0.25, -0.2) is 0 Å². The predicted octanol–water partition coefficient (Wildman–Crippen LogP) is 2.82. The third kappa shape index (κ3) is 2.64. The molecule has 1 aromatic rings. The topological polar surface area (TPSA) is 32.3 Å². The molecule has 1 saturated heterocycles. The average Bonchev–Trinajstić information content (AvgIpc) is 2.33. The van der Waals surface area contributed by atoms with Crippen LogP contribution in [0.5, 0.6) is 0 Å². The van der Waals surface area contributed by atoms with Gasteiger partial charge in [-0.15, -0.1) is 0 Å². The monoisotopic (exact) mass is 316 g/mol. The number of rotatable bonds is 2. The highest BCUT2D eigenvalue weighted by molar-refractivity contribution is 9.10. The fourth-order valence-corrected chi connectivity index (χ4v) is 2.54. The van der Waals surface area contributed by atoms with Gasteiger partial charge in [-0.3, -0.25) is 4.79 Å². The first kappa shape index (κ1) is 12.9. The minimum absolute atomic E-state index is 0.0711. The van der Waals surface area contributed by atoms with Gasteiger partial charge in [0.25, 0.3) is 0 Å². The summed E-state index contributed by atoms with van der Waals surface area (Å²) >= 11 is 9.33. The van der Waals surface area contributed by atoms with E-state index in [1.165, 1.54) is 0 Å². The smallest absolute Gasteiger partial charge is 0.244 e. The van der Waals surface area contributed by atoms with E-state index in [9.17, 15) is 4.79 Å². The number of hydrogen-bond acceptors (Lipinski definition) is 2. The summed E-state index contributed by atoms with van der Waals surface area (Å²) in [5, 5.41) is 3.71. The maximum Gasteiger partial charge on any atom is 0.244 e. The molecule has 0 spiro atoms. The number of benzene rings is 1. The van der Waals surface area contributed by atoms with Crippen molar-refractivity contribution in [3.63, 3.8) is 0 Å². The van der Waals surface area contributed by atoms with Crippen LogP contribution in [0.25, 0.3) is 0 Å². The maximum atomic E-state index is 12.2. The zero-order chi connectivity index (χ0) is 12.4. The molecule has 1 amide bonds. The molecule has 1 heterocycles. The van der Waals surface area contributed by atoms with Gasteiger partial charge in [0.2, 0.25) is 5.91 Å². The van der Waals surface area contributed by atoms with Crippen molar-refractivity contribution in [1.29, 1.82) is 0 Å². The number of nitrogens with zero attached hydrogens (tertiary/aromatic N) is 1. The predicted molar refractivity (Wildman–Crippen MR) is 73.6 cm³/mol. The van der Waals surface area contributed by atoms with Gasteiger partial charge in [-0.2, -0.15) is 0 Å². The number of nitrogens with one attached hydrogen (secondary N) is 1. The Morgan fingerprint density at radius 3 is 2.94 bits per heavy atom. The van der Waals surface area contributed by atoms with E-state index in [-0.39, 0.29) is 11.9 Å². The number of hydrogen-bond donors (Lipinski definition) is 1. The summed E-state index contributed by atoms with van der Waals surface area (Å²) < 4.78 is 0.816. The van der Waals surface area contributed by atoms with E-state index in [0.717, 1.165) is 29.5 Å². The van der Waals surface area contributed by atoms with Crippen LogP contribution in [0.1, 0.15) is 12.8 Å². The first-order valence-electron chi connectivity index (χ1n) is 5.57. The van der Waals surface area contributed by atoms with Gasteiger partial charge in [0.05, 0.1) is 11.1 Å². The minimum Gasteiger partial charge on any atom is -0.311 e. The summed E-state index contributed by atoms with van der Waals surface area (Å²) in [7, 11) is 1.82. The molecule has 0 radical (unpaired) electrons. The van der Waals surface area contributed by atoms with Crippen molar-refractivity contribution in [2.45, 2.75) is 18.9 Å². The van der Waals surface area contributed by atoms with Crippen LogP contribution in [-0.4, -0.2) is 25.5 Å². The lowest BCUT2D eigenvalue weighted by atomic mass is 10.0. The van der Waals surface area contributed by atoms with E-state index in [1.807, 2.05) is 24.1 Å². The Bertz CT molecular complexity index is 439.